The van der Waals surface area contributed by atoms with Gasteiger partial charge in [0.15, 0.2) is 22.3 Å². The normalized spacial score (nSPS) is 11.3. The van der Waals surface area contributed by atoms with Crippen LogP contribution in [0.3, 0.4) is 0 Å². The van der Waals surface area contributed by atoms with Gasteiger partial charge in [-0.2, -0.15) is 5.10 Å². The lowest BCUT2D eigenvalue weighted by atomic mass is 10.1. The van der Waals surface area contributed by atoms with Crippen LogP contribution in [0, 0.1) is 0 Å². The Morgan fingerprint density at radius 1 is 1.14 bits per heavy atom. The van der Waals surface area contributed by atoms with Crippen molar-refractivity contribution in [1.82, 2.24) is 25.1 Å². The number of amides is 1. The molecule has 0 radical (unpaired) electrons. The van der Waals surface area contributed by atoms with Gasteiger partial charge in [-0.25, -0.2) is 14.6 Å². The molecule has 0 saturated carbocycles. The van der Waals surface area contributed by atoms with Crippen LogP contribution in [-0.2, 0) is 11.3 Å². The van der Waals surface area contributed by atoms with E-state index in [0.717, 1.165) is 34.6 Å². The molecule has 2 heterocycles. The first kappa shape index (κ1) is 27.1. The molecule has 0 aliphatic rings. The molecule has 10 nitrogen and oxygen atoms in total. The molecular weight excluding hydrogens is 480 g/mol. The third-order valence-corrected chi connectivity index (χ3v) is 6.13. The van der Waals surface area contributed by atoms with Crippen molar-refractivity contribution in [3.05, 3.63) is 30.0 Å². The molecule has 0 aliphatic carbocycles. The summed E-state index contributed by atoms with van der Waals surface area (Å²) >= 11 is 1.62. The average molecular weight is 515 g/mol. The lowest BCUT2D eigenvalue weighted by molar-refractivity contribution is -0.116. The maximum atomic E-state index is 12.4. The van der Waals surface area contributed by atoms with Crippen LogP contribution in [0.2, 0.25) is 0 Å². The van der Waals surface area contributed by atoms with Gasteiger partial charge in [-0.05, 0) is 44.0 Å². The maximum Gasteiger partial charge on any atom is 0.244 e. The van der Waals surface area contributed by atoms with Crippen molar-refractivity contribution in [2.75, 3.05) is 38.9 Å². The van der Waals surface area contributed by atoms with E-state index >= 15 is 0 Å². The van der Waals surface area contributed by atoms with Crippen LogP contribution < -0.4 is 24.8 Å². The number of rotatable bonds is 13. The van der Waals surface area contributed by atoms with Gasteiger partial charge in [-0.15, -0.1) is 0 Å². The van der Waals surface area contributed by atoms with Crippen molar-refractivity contribution in [1.29, 1.82) is 0 Å². The number of hydrogen-bond donors (Lipinski definition) is 2. The van der Waals surface area contributed by atoms with Gasteiger partial charge < -0.3 is 24.8 Å². The van der Waals surface area contributed by atoms with Crippen molar-refractivity contribution in [3.63, 3.8) is 0 Å². The van der Waals surface area contributed by atoms with Crippen LogP contribution in [0.4, 0.5) is 5.82 Å². The second-order valence-electron chi connectivity index (χ2n) is 8.19. The summed E-state index contributed by atoms with van der Waals surface area (Å²) in [5.41, 5.74) is 1.49. The number of methoxy groups -OCH3 is 3. The molecular formula is C25H34N6O4S. The number of hydrogen-bond acceptors (Lipinski definition) is 9. The standard InChI is InChI=1S/C25H34N6O4S/c1-7-12-36-25-29-23(28-16(2)3)18-15-27-31(24(18)30-25)11-10-26-21(32)9-8-17-13-19(33-4)22(35-6)20(14-17)34-5/h8-9,13-16H,7,10-12H2,1-6H3,(H,26,32)(H,28,29,30)/b9-8-. The highest BCUT2D eigenvalue weighted by molar-refractivity contribution is 7.99. The molecule has 3 rings (SSSR count). The molecule has 1 aromatic carbocycles. The highest BCUT2D eigenvalue weighted by Gasteiger charge is 2.15. The van der Waals surface area contributed by atoms with Gasteiger partial charge in [0, 0.05) is 24.4 Å². The SMILES string of the molecule is CCCSc1nc(NC(C)C)c2cnn(CCNC(=O)/C=C\c3cc(OC)c(OC)c(OC)c3)c2n1. The summed E-state index contributed by atoms with van der Waals surface area (Å²) < 4.78 is 17.9. The van der Waals surface area contributed by atoms with E-state index in [1.54, 1.807) is 62.2 Å². The van der Waals surface area contributed by atoms with Gasteiger partial charge in [0.1, 0.15) is 5.82 Å². The Labute approximate surface area is 215 Å². The van der Waals surface area contributed by atoms with Crippen molar-refractivity contribution in [2.45, 2.75) is 44.9 Å². The average Bonchev–Trinajstić information content (AvgIpc) is 3.28. The van der Waals surface area contributed by atoms with E-state index in [-0.39, 0.29) is 11.9 Å². The Balaban J connectivity index is 1.68. The number of nitrogens with zero attached hydrogens (tertiary/aromatic N) is 4. The molecule has 0 unspecified atom stereocenters. The molecule has 0 aliphatic heterocycles. The summed E-state index contributed by atoms with van der Waals surface area (Å²) in [6.07, 6.45) is 5.96. The molecule has 2 aromatic heterocycles. The summed E-state index contributed by atoms with van der Waals surface area (Å²) in [7, 11) is 4.65. The van der Waals surface area contributed by atoms with Crippen LogP contribution in [0.25, 0.3) is 17.1 Å². The highest BCUT2D eigenvalue weighted by Crippen LogP contribution is 2.38. The van der Waals surface area contributed by atoms with Gasteiger partial charge in [0.05, 0.1) is 39.5 Å². The Hall–Kier alpha value is -3.47. The third-order valence-electron chi connectivity index (χ3n) is 5.07. The van der Waals surface area contributed by atoms with E-state index < -0.39 is 0 Å². The van der Waals surface area contributed by atoms with Crippen molar-refractivity contribution in [3.8, 4) is 17.2 Å². The molecule has 0 bridgehead atoms. The molecule has 3 aromatic rings. The lowest BCUT2D eigenvalue weighted by Gasteiger charge is -2.12. The minimum Gasteiger partial charge on any atom is -0.493 e. The number of benzene rings is 1. The largest absolute Gasteiger partial charge is 0.493 e. The number of carbonyl (C=O) groups excluding carboxylic acids is 1. The number of carbonyl (C=O) groups is 1. The zero-order valence-corrected chi connectivity index (χ0v) is 22.4. The second-order valence-corrected chi connectivity index (χ2v) is 9.25. The topological polar surface area (TPSA) is 112 Å². The smallest absolute Gasteiger partial charge is 0.244 e. The summed E-state index contributed by atoms with van der Waals surface area (Å²) in [4.78, 5) is 21.8. The van der Waals surface area contributed by atoms with Crippen LogP contribution in [-0.4, -0.2) is 65.3 Å². The molecule has 0 spiro atoms. The summed E-state index contributed by atoms with van der Waals surface area (Å²) in [6.45, 7) is 7.13. The van der Waals surface area contributed by atoms with Gasteiger partial charge in [-0.3, -0.25) is 4.79 Å². The molecule has 0 saturated heterocycles. The zero-order valence-electron chi connectivity index (χ0n) is 21.6. The van der Waals surface area contributed by atoms with E-state index in [4.69, 9.17) is 19.2 Å². The van der Waals surface area contributed by atoms with Crippen LogP contribution in [0.15, 0.2) is 29.6 Å². The van der Waals surface area contributed by atoms with Crippen LogP contribution in [0.1, 0.15) is 32.8 Å². The summed E-state index contributed by atoms with van der Waals surface area (Å²) in [5, 5.41) is 12.3. The Kier molecular flexibility index (Phi) is 9.80. The third kappa shape index (κ3) is 6.81. The molecule has 0 fully saturated rings. The first-order chi connectivity index (χ1) is 17.4. The van der Waals surface area contributed by atoms with E-state index in [9.17, 15) is 4.79 Å². The predicted molar refractivity (Wildman–Crippen MR) is 143 cm³/mol. The Morgan fingerprint density at radius 3 is 2.47 bits per heavy atom. The van der Waals surface area contributed by atoms with Gasteiger partial charge in [-0.1, -0.05) is 18.7 Å². The quantitative estimate of drug-likeness (QED) is 0.198. The molecule has 36 heavy (non-hydrogen) atoms. The number of aromatic nitrogens is 4. The number of anilines is 1. The predicted octanol–water partition coefficient (Wildman–Crippen LogP) is 4.00. The van der Waals surface area contributed by atoms with Gasteiger partial charge in [0.2, 0.25) is 11.7 Å². The summed E-state index contributed by atoms with van der Waals surface area (Å²) in [5.74, 6) is 3.03. The number of thioether (sulfide) groups is 1. The molecule has 11 heteroatoms. The molecule has 0 atom stereocenters. The zero-order chi connectivity index (χ0) is 26.1. The fraction of sp³-hybridized carbons (Fsp3) is 0.440. The first-order valence-corrected chi connectivity index (χ1v) is 12.8. The lowest BCUT2D eigenvalue weighted by Crippen LogP contribution is -2.25. The van der Waals surface area contributed by atoms with Gasteiger partial charge in [0.25, 0.3) is 0 Å². The van der Waals surface area contributed by atoms with E-state index in [1.807, 2.05) is 0 Å². The first-order valence-electron chi connectivity index (χ1n) is 11.8. The molecule has 1 amide bonds. The number of fused-ring (bicyclic) bond motifs is 1. The van der Waals surface area contributed by atoms with E-state index in [2.05, 4.69) is 41.5 Å². The monoisotopic (exact) mass is 514 g/mol. The highest BCUT2D eigenvalue weighted by atomic mass is 32.2. The number of ether oxygens (including phenoxy) is 3. The van der Waals surface area contributed by atoms with Crippen molar-refractivity contribution >= 4 is 40.6 Å². The minimum absolute atomic E-state index is 0.226. The number of nitrogens with one attached hydrogen (secondary N) is 2. The fourth-order valence-electron chi connectivity index (χ4n) is 3.45. The molecule has 2 N–H and O–H groups in total. The minimum atomic E-state index is -0.226. The Bertz CT molecular complexity index is 1190. The molecule has 194 valence electrons. The second kappa shape index (κ2) is 13.0. The van der Waals surface area contributed by atoms with Crippen LogP contribution in [0.5, 0.6) is 17.2 Å². The Morgan fingerprint density at radius 2 is 1.86 bits per heavy atom. The fourth-order valence-corrected chi connectivity index (χ4v) is 4.15. The van der Waals surface area contributed by atoms with Crippen molar-refractivity contribution in [2.24, 2.45) is 0 Å². The van der Waals surface area contributed by atoms with Gasteiger partial charge >= 0.3 is 0 Å². The van der Waals surface area contributed by atoms with E-state index in [0.29, 0.717) is 35.5 Å². The van der Waals surface area contributed by atoms with Crippen molar-refractivity contribution < 1.29 is 19.0 Å². The summed E-state index contributed by atoms with van der Waals surface area (Å²) in [6, 6.07) is 3.78. The van der Waals surface area contributed by atoms with Crippen LogP contribution >= 0.6 is 11.8 Å². The van der Waals surface area contributed by atoms with E-state index in [1.165, 1.54) is 6.08 Å². The maximum absolute atomic E-state index is 12.4.